The number of nitrogens with two attached hydrogens (primary N) is 1. The maximum Gasteiger partial charge on any atom is 0.416 e. The zero-order valence-corrected chi connectivity index (χ0v) is 21.2. The number of hydrogen-bond acceptors (Lipinski definition) is 6. The summed E-state index contributed by atoms with van der Waals surface area (Å²) in [5.41, 5.74) is 7.84. The normalized spacial score (nSPS) is 11.4. The molecule has 0 saturated carbocycles. The van der Waals surface area contributed by atoms with Gasteiger partial charge in [0.15, 0.2) is 0 Å². The lowest BCUT2D eigenvalue weighted by atomic mass is 9.91. The van der Waals surface area contributed by atoms with Gasteiger partial charge in [0.2, 0.25) is 5.95 Å². The van der Waals surface area contributed by atoms with Gasteiger partial charge in [-0.15, -0.1) is 0 Å². The summed E-state index contributed by atoms with van der Waals surface area (Å²) in [7, 11) is 1.43. The molecule has 0 saturated heterocycles. The first-order chi connectivity index (χ1) is 19.1. The average Bonchev–Trinajstić information content (AvgIpc) is 2.92. The van der Waals surface area contributed by atoms with Crippen molar-refractivity contribution in [3.05, 3.63) is 95.7 Å². The van der Waals surface area contributed by atoms with Crippen molar-refractivity contribution in [2.45, 2.75) is 13.1 Å². The van der Waals surface area contributed by atoms with E-state index in [-0.39, 0.29) is 28.5 Å². The number of aryl methyl sites for hydroxylation is 1. The van der Waals surface area contributed by atoms with Gasteiger partial charge in [0.05, 0.1) is 30.0 Å². The monoisotopic (exact) mass is 547 g/mol. The largest absolute Gasteiger partial charge is 0.495 e. The number of amides is 1. The second kappa shape index (κ2) is 10.3. The molecule has 2 aromatic heterocycles. The molecule has 11 heteroatoms. The lowest BCUT2D eigenvalue weighted by Crippen LogP contribution is -2.13. The molecule has 2 heterocycles. The Morgan fingerprint density at radius 2 is 1.80 bits per heavy atom. The van der Waals surface area contributed by atoms with Crippen LogP contribution in [0.1, 0.15) is 21.5 Å². The molecule has 3 N–H and O–H groups in total. The van der Waals surface area contributed by atoms with Crippen LogP contribution in [0.25, 0.3) is 33.2 Å². The molecule has 0 radical (unpaired) electrons. The number of nitrogens with zero attached hydrogens (tertiary/aromatic N) is 3. The minimum absolute atomic E-state index is 0.00424. The number of ether oxygens (including phenoxy) is 1. The van der Waals surface area contributed by atoms with E-state index < -0.39 is 23.5 Å². The predicted molar refractivity (Wildman–Crippen MR) is 143 cm³/mol. The number of hydrogen-bond donors (Lipinski definition) is 2. The molecule has 202 valence electrons. The van der Waals surface area contributed by atoms with Crippen LogP contribution in [0.4, 0.5) is 29.2 Å². The number of nitrogens with one attached hydrogen (secondary N) is 1. The van der Waals surface area contributed by atoms with Crippen molar-refractivity contribution in [2.75, 3.05) is 18.2 Å². The van der Waals surface area contributed by atoms with Crippen LogP contribution >= 0.6 is 0 Å². The van der Waals surface area contributed by atoms with E-state index in [1.165, 1.54) is 37.7 Å². The van der Waals surface area contributed by atoms with Crippen molar-refractivity contribution in [3.63, 3.8) is 0 Å². The minimum Gasteiger partial charge on any atom is -0.495 e. The number of aromatic nitrogens is 3. The Kier molecular flexibility index (Phi) is 6.80. The van der Waals surface area contributed by atoms with E-state index in [0.717, 1.165) is 23.9 Å². The lowest BCUT2D eigenvalue weighted by Gasteiger charge is -2.19. The van der Waals surface area contributed by atoms with Crippen molar-refractivity contribution < 1.29 is 27.1 Å². The van der Waals surface area contributed by atoms with Crippen LogP contribution in [0.15, 0.2) is 73.2 Å². The van der Waals surface area contributed by atoms with Gasteiger partial charge in [-0.3, -0.25) is 9.78 Å². The van der Waals surface area contributed by atoms with Gasteiger partial charge in [-0.2, -0.15) is 13.2 Å². The molecule has 0 aliphatic heterocycles. The first kappa shape index (κ1) is 26.5. The average molecular weight is 548 g/mol. The van der Waals surface area contributed by atoms with Crippen molar-refractivity contribution in [2.24, 2.45) is 0 Å². The molecular weight excluding hydrogens is 526 g/mol. The summed E-state index contributed by atoms with van der Waals surface area (Å²) in [5, 5.41) is 3.05. The Morgan fingerprint density at radius 1 is 1.00 bits per heavy atom. The van der Waals surface area contributed by atoms with Crippen LogP contribution in [0.5, 0.6) is 5.75 Å². The summed E-state index contributed by atoms with van der Waals surface area (Å²) < 4.78 is 60.2. The topological polar surface area (TPSA) is 103 Å². The molecule has 0 spiro atoms. The number of rotatable bonds is 5. The molecule has 7 nitrogen and oxygen atoms in total. The molecule has 40 heavy (non-hydrogen) atoms. The van der Waals surface area contributed by atoms with Crippen molar-refractivity contribution in [1.82, 2.24) is 15.0 Å². The predicted octanol–water partition coefficient (Wildman–Crippen LogP) is 6.67. The fourth-order valence-electron chi connectivity index (χ4n) is 4.44. The Morgan fingerprint density at radius 3 is 2.52 bits per heavy atom. The molecule has 0 aliphatic carbocycles. The second-order valence-corrected chi connectivity index (χ2v) is 8.92. The van der Waals surface area contributed by atoms with Gasteiger partial charge in [0.25, 0.3) is 5.91 Å². The minimum atomic E-state index is -4.55. The fraction of sp³-hybridized carbons (Fsp3) is 0.103. The Labute approximate surface area is 225 Å². The zero-order chi connectivity index (χ0) is 28.6. The number of anilines is 2. The molecule has 1 amide bonds. The number of carbonyl (C=O) groups excluding carboxylic acids is 1. The van der Waals surface area contributed by atoms with Gasteiger partial charge in [0.1, 0.15) is 11.6 Å². The van der Waals surface area contributed by atoms with Gasteiger partial charge in [0, 0.05) is 40.2 Å². The number of benzene rings is 3. The van der Waals surface area contributed by atoms with E-state index in [9.17, 15) is 22.4 Å². The van der Waals surface area contributed by atoms with Crippen LogP contribution in [0.3, 0.4) is 0 Å². The third kappa shape index (κ3) is 5.00. The number of nitrogen functional groups attached to an aromatic ring is 1. The second-order valence-electron chi connectivity index (χ2n) is 8.92. The Hall–Kier alpha value is -5.06. The Balaban J connectivity index is 1.65. The maximum absolute atomic E-state index is 15.0. The zero-order valence-electron chi connectivity index (χ0n) is 21.2. The van der Waals surface area contributed by atoms with E-state index in [4.69, 9.17) is 10.5 Å². The molecule has 5 aromatic rings. The van der Waals surface area contributed by atoms with Gasteiger partial charge in [-0.05, 0) is 60.5 Å². The summed E-state index contributed by atoms with van der Waals surface area (Å²) in [5.74, 6) is -0.962. The molecule has 0 aliphatic rings. The van der Waals surface area contributed by atoms with Crippen molar-refractivity contribution in [1.29, 1.82) is 0 Å². The summed E-state index contributed by atoms with van der Waals surface area (Å²) in [6.45, 7) is 1.82. The number of carbonyl (C=O) groups is 1. The highest BCUT2D eigenvalue weighted by Crippen LogP contribution is 2.45. The van der Waals surface area contributed by atoms with Gasteiger partial charge in [-0.25, -0.2) is 14.4 Å². The molecule has 5 rings (SSSR count). The summed E-state index contributed by atoms with van der Waals surface area (Å²) in [4.78, 5) is 25.3. The molecule has 3 aromatic carbocycles. The first-order valence-corrected chi connectivity index (χ1v) is 11.9. The molecule has 0 unspecified atom stereocenters. The van der Waals surface area contributed by atoms with Gasteiger partial charge in [-0.1, -0.05) is 12.1 Å². The third-order valence-electron chi connectivity index (χ3n) is 6.33. The number of alkyl halides is 3. The SMILES string of the molecule is COc1c(-c2cc(C(=O)Nc3cccc(C(F)(F)F)c3)ccc2C)cc2cnc(N)nc2c1-c1ccncc1F. The van der Waals surface area contributed by atoms with E-state index in [1.54, 1.807) is 24.3 Å². The summed E-state index contributed by atoms with van der Waals surface area (Å²) in [6, 6.07) is 12.4. The number of fused-ring (bicyclic) bond motifs is 1. The number of methoxy groups -OCH3 is 1. The van der Waals surface area contributed by atoms with Crippen LogP contribution in [0.2, 0.25) is 0 Å². The van der Waals surface area contributed by atoms with E-state index in [1.807, 2.05) is 6.92 Å². The maximum atomic E-state index is 15.0. The third-order valence-corrected chi connectivity index (χ3v) is 6.33. The van der Waals surface area contributed by atoms with Crippen LogP contribution in [0, 0.1) is 12.7 Å². The lowest BCUT2D eigenvalue weighted by molar-refractivity contribution is -0.137. The van der Waals surface area contributed by atoms with E-state index in [0.29, 0.717) is 27.6 Å². The molecule has 0 atom stereocenters. The van der Waals surface area contributed by atoms with Crippen LogP contribution < -0.4 is 15.8 Å². The molecular formula is C29H21F4N5O2. The summed E-state index contributed by atoms with van der Waals surface area (Å²) >= 11 is 0. The van der Waals surface area contributed by atoms with E-state index >= 15 is 0 Å². The van der Waals surface area contributed by atoms with E-state index in [2.05, 4.69) is 20.3 Å². The van der Waals surface area contributed by atoms with Gasteiger partial charge < -0.3 is 15.8 Å². The van der Waals surface area contributed by atoms with Crippen molar-refractivity contribution in [3.8, 4) is 28.0 Å². The highest BCUT2D eigenvalue weighted by Gasteiger charge is 2.30. The highest BCUT2D eigenvalue weighted by atomic mass is 19.4. The smallest absolute Gasteiger partial charge is 0.416 e. The first-order valence-electron chi connectivity index (χ1n) is 11.9. The Bertz CT molecular complexity index is 1770. The fourth-order valence-corrected chi connectivity index (χ4v) is 4.44. The van der Waals surface area contributed by atoms with Gasteiger partial charge >= 0.3 is 6.18 Å². The van der Waals surface area contributed by atoms with Crippen molar-refractivity contribution >= 4 is 28.4 Å². The molecule has 0 fully saturated rings. The standard InChI is InChI=1S/C29H21F4N5O2/c1-15-6-7-16(27(39)37-19-5-3-4-18(12-19)29(31,32)33)10-21(15)22-11-17-13-36-28(34)38-25(17)24(26(22)40-2)20-8-9-35-14-23(20)30/h3-14H,1-2H3,(H,37,39)(H2,34,36,38). The number of halogens is 4. The van der Waals surface area contributed by atoms with Crippen LogP contribution in [-0.4, -0.2) is 28.0 Å². The highest BCUT2D eigenvalue weighted by molar-refractivity contribution is 6.07. The quantitative estimate of drug-likeness (QED) is 0.238. The number of pyridine rings is 1. The van der Waals surface area contributed by atoms with Crippen LogP contribution in [-0.2, 0) is 6.18 Å². The molecule has 0 bridgehead atoms. The summed E-state index contributed by atoms with van der Waals surface area (Å²) in [6.07, 6.45) is -0.541.